The summed E-state index contributed by atoms with van der Waals surface area (Å²) < 4.78 is 29.1. The fraction of sp³-hybridized carbons (Fsp3) is 0.321. The number of anilines is 1. The fourth-order valence-electron chi connectivity index (χ4n) is 4.16. The van der Waals surface area contributed by atoms with Crippen molar-refractivity contribution < 1.29 is 13.2 Å². The molecular weight excluding hydrogens is 444 g/mol. The average Bonchev–Trinajstić information content (AvgIpc) is 2.75. The zero-order chi connectivity index (χ0) is 25.2. The molecule has 0 radical (unpaired) electrons. The molecule has 0 saturated heterocycles. The zero-order valence-corrected chi connectivity index (χ0v) is 22.0. The summed E-state index contributed by atoms with van der Waals surface area (Å²) in [6.07, 6.45) is 0. The van der Waals surface area contributed by atoms with Gasteiger partial charge in [-0.05, 0) is 81.5 Å². The van der Waals surface area contributed by atoms with Gasteiger partial charge in [-0.25, -0.2) is 8.42 Å². The number of amides is 1. The van der Waals surface area contributed by atoms with Crippen LogP contribution in [-0.4, -0.2) is 32.2 Å². The molecule has 0 aliphatic rings. The molecule has 0 heterocycles. The molecule has 5 nitrogen and oxygen atoms in total. The minimum absolute atomic E-state index is 0.113. The molecule has 0 saturated carbocycles. The van der Waals surface area contributed by atoms with Crippen molar-refractivity contribution in [3.8, 4) is 0 Å². The predicted octanol–water partition coefficient (Wildman–Crippen LogP) is 5.39. The van der Waals surface area contributed by atoms with Crippen LogP contribution in [0.3, 0.4) is 0 Å². The van der Waals surface area contributed by atoms with Crippen molar-refractivity contribution in [3.05, 3.63) is 93.5 Å². The van der Waals surface area contributed by atoms with Crippen LogP contribution in [-0.2, 0) is 21.4 Å². The molecular formula is C28H34N2O3S. The lowest BCUT2D eigenvalue weighted by Gasteiger charge is -2.27. The molecule has 0 aliphatic carbocycles. The minimum atomic E-state index is -3.93. The molecule has 0 fully saturated rings. The third-order valence-electron chi connectivity index (χ3n) is 6.25. The van der Waals surface area contributed by atoms with E-state index in [2.05, 4.69) is 0 Å². The van der Waals surface area contributed by atoms with Crippen molar-refractivity contribution >= 4 is 21.6 Å². The Hall–Kier alpha value is -2.96. The van der Waals surface area contributed by atoms with Crippen LogP contribution in [0.1, 0.15) is 38.9 Å². The van der Waals surface area contributed by atoms with Crippen LogP contribution >= 0.6 is 0 Å². The lowest BCUT2D eigenvalue weighted by atomic mass is 10.1. The number of sulfonamides is 1. The number of benzene rings is 3. The molecule has 3 aromatic carbocycles. The Kier molecular flexibility index (Phi) is 7.64. The molecule has 0 aliphatic heterocycles. The number of hydrogen-bond donors (Lipinski definition) is 0. The van der Waals surface area contributed by atoms with Crippen LogP contribution in [0.2, 0.25) is 0 Å². The van der Waals surface area contributed by atoms with Crippen LogP contribution in [0, 0.1) is 41.5 Å². The summed E-state index contributed by atoms with van der Waals surface area (Å²) in [5.74, 6) is -0.290. The largest absolute Gasteiger partial charge is 0.314 e. The first-order valence-corrected chi connectivity index (χ1v) is 12.8. The van der Waals surface area contributed by atoms with Crippen molar-refractivity contribution in [1.29, 1.82) is 0 Å². The third-order valence-corrected chi connectivity index (χ3v) is 8.34. The lowest BCUT2D eigenvalue weighted by Crippen LogP contribution is -2.41. The lowest BCUT2D eigenvalue weighted by molar-refractivity contribution is -0.118. The first-order valence-electron chi connectivity index (χ1n) is 11.4. The highest BCUT2D eigenvalue weighted by molar-refractivity contribution is 7.89. The number of hydrogen-bond acceptors (Lipinski definition) is 3. The first kappa shape index (κ1) is 25.7. The van der Waals surface area contributed by atoms with E-state index in [-0.39, 0.29) is 23.9 Å². The van der Waals surface area contributed by atoms with E-state index in [1.165, 1.54) is 9.21 Å². The van der Waals surface area contributed by atoms with Gasteiger partial charge in [0.15, 0.2) is 0 Å². The predicted molar refractivity (Wildman–Crippen MR) is 139 cm³/mol. The molecule has 0 N–H and O–H groups in total. The van der Waals surface area contributed by atoms with Crippen LogP contribution in [0.25, 0.3) is 0 Å². The zero-order valence-electron chi connectivity index (χ0n) is 21.1. The van der Waals surface area contributed by atoms with Crippen molar-refractivity contribution in [3.63, 3.8) is 0 Å². The van der Waals surface area contributed by atoms with E-state index in [0.29, 0.717) is 11.1 Å². The number of aryl methyl sites for hydroxylation is 6. The maximum atomic E-state index is 13.9. The van der Waals surface area contributed by atoms with E-state index in [1.807, 2.05) is 82.3 Å². The van der Waals surface area contributed by atoms with Crippen molar-refractivity contribution in [2.24, 2.45) is 0 Å². The smallest absolute Gasteiger partial charge is 0.244 e. The highest BCUT2D eigenvalue weighted by atomic mass is 32.2. The van der Waals surface area contributed by atoms with E-state index in [4.69, 9.17) is 0 Å². The van der Waals surface area contributed by atoms with Gasteiger partial charge >= 0.3 is 0 Å². The quantitative estimate of drug-likeness (QED) is 0.457. The monoisotopic (exact) mass is 478 g/mol. The number of nitrogens with zero attached hydrogens (tertiary/aromatic N) is 2. The highest BCUT2D eigenvalue weighted by Gasteiger charge is 2.31. The molecule has 0 atom stereocenters. The molecule has 0 spiro atoms. The van der Waals surface area contributed by atoms with Gasteiger partial charge in [-0.15, -0.1) is 0 Å². The number of carbonyl (C=O) groups excluding carboxylic acids is 1. The number of likely N-dealkylation sites (N-methyl/N-ethyl adjacent to an activating group) is 1. The topological polar surface area (TPSA) is 57.7 Å². The van der Waals surface area contributed by atoms with Crippen LogP contribution < -0.4 is 4.90 Å². The molecule has 3 rings (SSSR count). The molecule has 3 aromatic rings. The number of carbonyl (C=O) groups is 1. The second kappa shape index (κ2) is 10.1. The Labute approximate surface area is 204 Å². The van der Waals surface area contributed by atoms with Gasteiger partial charge in [-0.1, -0.05) is 53.6 Å². The van der Waals surface area contributed by atoms with Gasteiger partial charge in [0.2, 0.25) is 15.9 Å². The van der Waals surface area contributed by atoms with Gasteiger partial charge in [0, 0.05) is 19.3 Å². The van der Waals surface area contributed by atoms with Crippen LogP contribution in [0.4, 0.5) is 5.69 Å². The summed E-state index contributed by atoms with van der Waals surface area (Å²) in [6.45, 7) is 11.4. The Morgan fingerprint density at radius 1 is 0.735 bits per heavy atom. The Morgan fingerprint density at radius 3 is 1.88 bits per heavy atom. The summed E-state index contributed by atoms with van der Waals surface area (Å²) in [4.78, 5) is 15.1. The SMILES string of the molecule is Cc1ccc(CN(CC(=O)N(C)c2ccc(C)c(C)c2)S(=O)(=O)c2c(C)cc(C)cc2C)cc1. The van der Waals surface area contributed by atoms with Crippen molar-refractivity contribution in [2.75, 3.05) is 18.5 Å². The summed E-state index contributed by atoms with van der Waals surface area (Å²) in [5, 5.41) is 0. The van der Waals surface area contributed by atoms with Crippen LogP contribution in [0.5, 0.6) is 0 Å². The molecule has 0 bridgehead atoms. The second-order valence-electron chi connectivity index (χ2n) is 9.21. The summed E-state index contributed by atoms with van der Waals surface area (Å²) in [7, 11) is -2.24. The average molecular weight is 479 g/mol. The van der Waals surface area contributed by atoms with Gasteiger partial charge in [0.1, 0.15) is 0 Å². The van der Waals surface area contributed by atoms with Gasteiger partial charge in [-0.3, -0.25) is 4.79 Å². The first-order chi connectivity index (χ1) is 15.9. The van der Waals surface area contributed by atoms with Gasteiger partial charge in [0.25, 0.3) is 0 Å². The standard InChI is InChI=1S/C28H34N2O3S/c1-19-8-11-25(12-9-19)17-30(34(32,33)28-23(5)14-20(2)15-24(28)6)18-27(31)29(7)26-13-10-21(3)22(4)16-26/h8-16H,17-18H2,1-7H3. The third kappa shape index (κ3) is 5.57. The van der Waals surface area contributed by atoms with E-state index < -0.39 is 10.0 Å². The second-order valence-corrected chi connectivity index (χ2v) is 11.1. The molecule has 0 unspecified atom stereocenters. The molecule has 180 valence electrons. The van der Waals surface area contributed by atoms with E-state index in [9.17, 15) is 13.2 Å². The van der Waals surface area contributed by atoms with E-state index in [0.717, 1.165) is 33.5 Å². The summed E-state index contributed by atoms with van der Waals surface area (Å²) >= 11 is 0. The van der Waals surface area contributed by atoms with Gasteiger partial charge in [-0.2, -0.15) is 4.31 Å². The highest BCUT2D eigenvalue weighted by Crippen LogP contribution is 2.27. The Bertz CT molecular complexity index is 1290. The van der Waals surface area contributed by atoms with Crippen LogP contribution in [0.15, 0.2) is 59.5 Å². The summed E-state index contributed by atoms with van der Waals surface area (Å²) in [5.41, 5.74) is 7.24. The Balaban J connectivity index is 2.00. The molecule has 0 aromatic heterocycles. The molecule has 6 heteroatoms. The Morgan fingerprint density at radius 2 is 1.32 bits per heavy atom. The van der Waals surface area contributed by atoms with Gasteiger partial charge in [0.05, 0.1) is 11.4 Å². The fourth-order valence-corrected chi connectivity index (χ4v) is 5.95. The summed E-state index contributed by atoms with van der Waals surface area (Å²) in [6, 6.07) is 17.2. The van der Waals surface area contributed by atoms with Gasteiger partial charge < -0.3 is 4.90 Å². The van der Waals surface area contributed by atoms with Crippen molar-refractivity contribution in [1.82, 2.24) is 4.31 Å². The number of rotatable bonds is 7. The van der Waals surface area contributed by atoms with E-state index in [1.54, 1.807) is 20.9 Å². The maximum absolute atomic E-state index is 13.9. The van der Waals surface area contributed by atoms with E-state index >= 15 is 0 Å². The van der Waals surface area contributed by atoms with Crippen molar-refractivity contribution in [2.45, 2.75) is 53.0 Å². The minimum Gasteiger partial charge on any atom is -0.314 e. The molecule has 34 heavy (non-hydrogen) atoms. The maximum Gasteiger partial charge on any atom is 0.244 e. The normalized spacial score (nSPS) is 11.6. The molecule has 1 amide bonds.